The van der Waals surface area contributed by atoms with Crippen LogP contribution < -0.4 is 0 Å². The van der Waals surface area contributed by atoms with Gasteiger partial charge in [0.15, 0.2) is 11.6 Å². The first kappa shape index (κ1) is 20.8. The van der Waals surface area contributed by atoms with E-state index in [4.69, 9.17) is 0 Å². The number of hydrogen-bond acceptors (Lipinski definition) is 4. The van der Waals surface area contributed by atoms with E-state index in [1.165, 1.54) is 41.7 Å². The lowest BCUT2D eigenvalue weighted by Crippen LogP contribution is -2.28. The predicted octanol–water partition coefficient (Wildman–Crippen LogP) is 2.57. The van der Waals surface area contributed by atoms with E-state index < -0.39 is 31.7 Å². The van der Waals surface area contributed by atoms with Gasteiger partial charge in [-0.2, -0.15) is 8.61 Å². The van der Waals surface area contributed by atoms with Crippen molar-refractivity contribution in [1.82, 2.24) is 8.61 Å². The molecule has 1 saturated heterocycles. The van der Waals surface area contributed by atoms with Crippen LogP contribution in [-0.2, 0) is 26.6 Å². The lowest BCUT2D eigenvalue weighted by Gasteiger charge is -2.18. The molecule has 0 N–H and O–H groups in total. The molecule has 0 unspecified atom stereocenters. The standard InChI is InChI=1S/C18H20F2N2O4S2/c1-21(13-14-4-9-17(19)18(20)12-14)27(23,24)15-5-7-16(8-6-15)28(25,26)22-10-2-3-11-22/h4-9,12H,2-3,10-11,13H2,1H3. The minimum absolute atomic E-state index is 0.0385. The largest absolute Gasteiger partial charge is 0.243 e. The summed E-state index contributed by atoms with van der Waals surface area (Å²) >= 11 is 0. The molecule has 0 radical (unpaired) electrons. The van der Waals surface area contributed by atoms with Crippen molar-refractivity contribution >= 4 is 20.0 Å². The lowest BCUT2D eigenvalue weighted by molar-refractivity contribution is 0.461. The normalized spacial score (nSPS) is 16.0. The molecule has 2 aromatic carbocycles. The summed E-state index contributed by atoms with van der Waals surface area (Å²) in [5.74, 6) is -2.07. The fraction of sp³-hybridized carbons (Fsp3) is 0.333. The van der Waals surface area contributed by atoms with Crippen LogP contribution in [0, 0.1) is 11.6 Å². The molecule has 0 atom stereocenters. The lowest BCUT2D eigenvalue weighted by atomic mass is 10.2. The molecule has 10 heteroatoms. The second kappa shape index (κ2) is 7.86. The SMILES string of the molecule is CN(Cc1ccc(F)c(F)c1)S(=O)(=O)c1ccc(S(=O)(=O)N2CCCC2)cc1. The first-order valence-electron chi connectivity index (χ1n) is 8.63. The molecule has 152 valence electrons. The maximum atomic E-state index is 13.3. The molecule has 1 fully saturated rings. The minimum atomic E-state index is -3.93. The van der Waals surface area contributed by atoms with Gasteiger partial charge in [0.1, 0.15) is 0 Å². The Hall–Kier alpha value is -1.88. The summed E-state index contributed by atoms with van der Waals surface area (Å²) in [6.45, 7) is 0.756. The van der Waals surface area contributed by atoms with E-state index in [0.717, 1.165) is 29.3 Å². The molecule has 0 aromatic heterocycles. The van der Waals surface area contributed by atoms with Crippen molar-refractivity contribution in [3.63, 3.8) is 0 Å². The average molecular weight is 430 g/mol. The van der Waals surface area contributed by atoms with Crippen molar-refractivity contribution in [2.24, 2.45) is 0 Å². The highest BCUT2D eigenvalue weighted by Gasteiger charge is 2.28. The van der Waals surface area contributed by atoms with Crippen LogP contribution in [-0.4, -0.2) is 45.6 Å². The zero-order valence-corrected chi connectivity index (χ0v) is 16.8. The molecule has 0 saturated carbocycles. The predicted molar refractivity (Wildman–Crippen MR) is 99.4 cm³/mol. The number of sulfonamides is 2. The fourth-order valence-electron chi connectivity index (χ4n) is 3.02. The van der Waals surface area contributed by atoms with Gasteiger partial charge in [-0.05, 0) is 54.8 Å². The quantitative estimate of drug-likeness (QED) is 0.706. The van der Waals surface area contributed by atoms with Crippen molar-refractivity contribution in [3.05, 3.63) is 59.7 Å². The Morgan fingerprint density at radius 1 is 0.893 bits per heavy atom. The third-order valence-corrected chi connectivity index (χ3v) is 8.35. The van der Waals surface area contributed by atoms with Crippen LogP contribution in [0.1, 0.15) is 18.4 Å². The molecule has 0 bridgehead atoms. The van der Waals surface area contributed by atoms with Gasteiger partial charge in [-0.1, -0.05) is 6.07 Å². The van der Waals surface area contributed by atoms with E-state index in [1.807, 2.05) is 0 Å². The summed E-state index contributed by atoms with van der Waals surface area (Å²) in [6.07, 6.45) is 1.61. The Labute approximate surface area is 163 Å². The van der Waals surface area contributed by atoms with Crippen molar-refractivity contribution in [1.29, 1.82) is 0 Å². The van der Waals surface area contributed by atoms with Crippen molar-refractivity contribution in [2.45, 2.75) is 29.2 Å². The number of rotatable bonds is 6. The number of halogens is 2. The van der Waals surface area contributed by atoms with E-state index in [0.29, 0.717) is 18.7 Å². The molecule has 0 aliphatic carbocycles. The highest BCUT2D eigenvalue weighted by molar-refractivity contribution is 7.89. The highest BCUT2D eigenvalue weighted by atomic mass is 32.2. The van der Waals surface area contributed by atoms with Crippen molar-refractivity contribution < 1.29 is 25.6 Å². The van der Waals surface area contributed by atoms with E-state index in [9.17, 15) is 25.6 Å². The van der Waals surface area contributed by atoms with E-state index in [2.05, 4.69) is 0 Å². The topological polar surface area (TPSA) is 74.8 Å². The summed E-state index contributed by atoms with van der Waals surface area (Å²) in [5.41, 5.74) is 0.290. The molecule has 28 heavy (non-hydrogen) atoms. The average Bonchev–Trinajstić information content (AvgIpc) is 3.20. The van der Waals surface area contributed by atoms with Gasteiger partial charge in [-0.25, -0.2) is 25.6 Å². The smallest absolute Gasteiger partial charge is 0.207 e. The van der Waals surface area contributed by atoms with Crippen LogP contribution in [0.15, 0.2) is 52.3 Å². The maximum absolute atomic E-state index is 13.3. The fourth-order valence-corrected chi connectivity index (χ4v) is 5.70. The molecule has 0 amide bonds. The zero-order valence-electron chi connectivity index (χ0n) is 15.2. The first-order chi connectivity index (χ1) is 13.1. The van der Waals surface area contributed by atoms with Crippen LogP contribution in [0.4, 0.5) is 8.78 Å². The molecular formula is C18H20F2N2O4S2. The molecule has 0 spiro atoms. The summed E-state index contributed by atoms with van der Waals surface area (Å²) in [6, 6.07) is 8.18. The van der Waals surface area contributed by atoms with E-state index >= 15 is 0 Å². The van der Waals surface area contributed by atoms with Crippen LogP contribution in [0.5, 0.6) is 0 Å². The molecule has 1 aliphatic heterocycles. The van der Waals surface area contributed by atoms with Crippen molar-refractivity contribution in [2.75, 3.05) is 20.1 Å². The van der Waals surface area contributed by atoms with Crippen LogP contribution in [0.3, 0.4) is 0 Å². The monoisotopic (exact) mass is 430 g/mol. The third kappa shape index (κ3) is 4.09. The van der Waals surface area contributed by atoms with Crippen molar-refractivity contribution in [3.8, 4) is 0 Å². The van der Waals surface area contributed by atoms with Gasteiger partial charge in [0.25, 0.3) is 0 Å². The molecule has 1 aliphatic rings. The van der Waals surface area contributed by atoms with Gasteiger partial charge in [-0.3, -0.25) is 0 Å². The van der Waals surface area contributed by atoms with Gasteiger partial charge in [-0.15, -0.1) is 0 Å². The van der Waals surface area contributed by atoms with Gasteiger partial charge in [0.2, 0.25) is 20.0 Å². The van der Waals surface area contributed by atoms with E-state index in [-0.39, 0.29) is 16.3 Å². The summed E-state index contributed by atoms with van der Waals surface area (Å²) < 4.78 is 79.2. The molecule has 3 rings (SSSR count). The summed E-state index contributed by atoms with van der Waals surface area (Å²) in [4.78, 5) is -0.0467. The van der Waals surface area contributed by atoms with E-state index in [1.54, 1.807) is 0 Å². The van der Waals surface area contributed by atoms with Crippen LogP contribution in [0.2, 0.25) is 0 Å². The number of benzene rings is 2. The molecule has 2 aromatic rings. The highest BCUT2D eigenvalue weighted by Crippen LogP contribution is 2.24. The summed E-state index contributed by atoms with van der Waals surface area (Å²) in [5, 5.41) is 0. The Kier molecular flexibility index (Phi) is 5.85. The zero-order chi connectivity index (χ0) is 20.5. The first-order valence-corrected chi connectivity index (χ1v) is 11.5. The Morgan fingerprint density at radius 2 is 1.46 bits per heavy atom. The second-order valence-corrected chi connectivity index (χ2v) is 10.6. The van der Waals surface area contributed by atoms with Crippen LogP contribution in [0.25, 0.3) is 0 Å². The number of hydrogen-bond donors (Lipinski definition) is 0. The molecular weight excluding hydrogens is 410 g/mol. The third-order valence-electron chi connectivity index (χ3n) is 4.62. The number of nitrogens with zero attached hydrogens (tertiary/aromatic N) is 2. The maximum Gasteiger partial charge on any atom is 0.243 e. The Morgan fingerprint density at radius 3 is 2.04 bits per heavy atom. The Balaban J connectivity index is 1.80. The Bertz CT molecular complexity index is 1070. The van der Waals surface area contributed by atoms with Gasteiger partial charge >= 0.3 is 0 Å². The minimum Gasteiger partial charge on any atom is -0.207 e. The second-order valence-electron chi connectivity index (χ2n) is 6.59. The molecule has 6 nitrogen and oxygen atoms in total. The van der Waals surface area contributed by atoms with Gasteiger partial charge in [0.05, 0.1) is 9.79 Å². The van der Waals surface area contributed by atoms with Crippen LogP contribution >= 0.6 is 0 Å². The van der Waals surface area contributed by atoms with Gasteiger partial charge < -0.3 is 0 Å². The summed E-state index contributed by atoms with van der Waals surface area (Å²) in [7, 11) is -6.25. The van der Waals surface area contributed by atoms with Gasteiger partial charge in [0, 0.05) is 26.7 Å². The molecule has 1 heterocycles.